The van der Waals surface area contributed by atoms with Gasteiger partial charge in [0.1, 0.15) is 0 Å². The third-order valence-electron chi connectivity index (χ3n) is 7.51. The molecule has 0 spiro atoms. The van der Waals surface area contributed by atoms with Gasteiger partial charge in [-0.3, -0.25) is 9.59 Å². The van der Waals surface area contributed by atoms with Gasteiger partial charge < -0.3 is 36.1 Å². The van der Waals surface area contributed by atoms with Crippen molar-refractivity contribution in [2.24, 2.45) is 0 Å². The van der Waals surface area contributed by atoms with E-state index in [0.29, 0.717) is 38.3 Å². The summed E-state index contributed by atoms with van der Waals surface area (Å²) in [6, 6.07) is 22.1. The van der Waals surface area contributed by atoms with Crippen LogP contribution in [0.15, 0.2) is 77.4 Å². The molecule has 0 saturated carbocycles. The van der Waals surface area contributed by atoms with Crippen molar-refractivity contribution < 1.29 is 19.1 Å². The number of hydrogen-bond donors (Lipinski definition) is 5. The van der Waals surface area contributed by atoms with E-state index in [1.807, 2.05) is 90.2 Å². The smallest absolute Gasteiger partial charge is 0.307 e. The highest BCUT2D eigenvalue weighted by molar-refractivity contribution is 9.10. The number of fused-ring (bicyclic) bond motifs is 1. The van der Waals surface area contributed by atoms with Gasteiger partial charge in [-0.1, -0.05) is 94.6 Å². The van der Waals surface area contributed by atoms with Gasteiger partial charge in [0, 0.05) is 40.2 Å². The van der Waals surface area contributed by atoms with E-state index in [9.17, 15) is 9.59 Å². The van der Waals surface area contributed by atoms with Crippen molar-refractivity contribution >= 4 is 61.5 Å². The molecule has 0 radical (unpaired) electrons. The molecule has 0 saturated heterocycles. The fourth-order valence-corrected chi connectivity index (χ4v) is 5.87. The number of carbonyl (C=O) groups excluding carboxylic acids is 2. The van der Waals surface area contributed by atoms with Crippen molar-refractivity contribution in [2.45, 2.75) is 113 Å². The quantitative estimate of drug-likeness (QED) is 0.0530. The number of nitrogen functional groups attached to an aromatic ring is 1. The molecule has 9 nitrogen and oxygen atoms in total. The van der Waals surface area contributed by atoms with Crippen molar-refractivity contribution in [1.82, 2.24) is 4.98 Å². The first-order chi connectivity index (χ1) is 24.8. The summed E-state index contributed by atoms with van der Waals surface area (Å²) in [5.74, 6) is -0.328. The number of aromatic nitrogens is 1. The molecular weight excluding hydrogens is 706 g/mol. The Labute approximate surface area is 315 Å². The standard InChI is InChI=1S/C23H28BrN3O2.C14H22N2O2.2C2H6/c1-3-7-18(14-23(28)29-4-2)27-21-9-6-5-8-20(21)26-15-16-12-17(24)13-22-19(16)10-11-25-22;1-3-7-11(10-14(17)18-4-2)16-13-9-6-5-8-12(13)15;2*1-2/h5-6,8-13,18,25-27H,3-4,7,14-15H2,1-2H3;5-6,8-9,11,16H,3-4,7,10,15H2,1-2H3;2*1-2H3. The number of hydrogen-bond acceptors (Lipinski definition) is 8. The van der Waals surface area contributed by atoms with Crippen LogP contribution in [-0.2, 0) is 25.6 Å². The van der Waals surface area contributed by atoms with Crippen LogP contribution < -0.4 is 21.7 Å². The van der Waals surface area contributed by atoms with Crippen LogP contribution in [0.2, 0.25) is 0 Å². The highest BCUT2D eigenvalue weighted by atomic mass is 79.9. The average molecular weight is 769 g/mol. The molecule has 0 amide bonds. The fourth-order valence-electron chi connectivity index (χ4n) is 5.36. The van der Waals surface area contributed by atoms with Crippen molar-refractivity contribution in [2.75, 3.05) is 34.9 Å². The Morgan fingerprint density at radius 1 is 0.745 bits per heavy atom. The van der Waals surface area contributed by atoms with Gasteiger partial charge in [0.05, 0.1) is 48.8 Å². The van der Waals surface area contributed by atoms with Gasteiger partial charge in [0.25, 0.3) is 0 Å². The molecule has 2 atom stereocenters. The van der Waals surface area contributed by atoms with Crippen LogP contribution >= 0.6 is 15.9 Å². The minimum Gasteiger partial charge on any atom is -0.466 e. The maximum absolute atomic E-state index is 12.0. The fraction of sp³-hybridized carbons (Fsp3) is 0.463. The highest BCUT2D eigenvalue weighted by Gasteiger charge is 2.16. The first kappa shape index (κ1) is 44.8. The number of carbonyl (C=O) groups is 2. The van der Waals surface area contributed by atoms with Gasteiger partial charge in [0.15, 0.2) is 0 Å². The Bertz CT molecular complexity index is 1540. The van der Waals surface area contributed by atoms with Crippen LogP contribution in [0.4, 0.5) is 22.7 Å². The number of nitrogens with one attached hydrogen (secondary N) is 4. The summed E-state index contributed by atoms with van der Waals surface area (Å²) in [7, 11) is 0. The van der Waals surface area contributed by atoms with E-state index < -0.39 is 0 Å². The Morgan fingerprint density at radius 2 is 1.25 bits per heavy atom. The predicted molar refractivity (Wildman–Crippen MR) is 220 cm³/mol. The Kier molecular flexibility index (Phi) is 23.4. The lowest BCUT2D eigenvalue weighted by Gasteiger charge is -2.21. The van der Waals surface area contributed by atoms with Gasteiger partial charge in [0.2, 0.25) is 0 Å². The van der Waals surface area contributed by atoms with Gasteiger partial charge in [-0.15, -0.1) is 0 Å². The number of nitrogens with two attached hydrogens (primary N) is 1. The van der Waals surface area contributed by atoms with E-state index in [-0.39, 0.29) is 24.0 Å². The molecule has 2 unspecified atom stereocenters. The molecule has 1 aromatic heterocycles. The number of anilines is 4. The molecule has 0 aliphatic heterocycles. The van der Waals surface area contributed by atoms with Crippen molar-refractivity contribution in [3.63, 3.8) is 0 Å². The van der Waals surface area contributed by atoms with E-state index in [4.69, 9.17) is 15.2 Å². The lowest BCUT2D eigenvalue weighted by Crippen LogP contribution is -2.24. The first-order valence-electron chi connectivity index (χ1n) is 18.5. The molecule has 0 bridgehead atoms. The SMILES string of the molecule is CC.CC.CCCC(CC(=O)OCC)Nc1ccccc1N.CCCC(CC(=O)OCC)Nc1ccccc1NCc1cc(Br)cc2[nH]ccc12. The van der Waals surface area contributed by atoms with Crippen molar-refractivity contribution in [3.8, 4) is 0 Å². The zero-order valence-electron chi connectivity index (χ0n) is 32.0. The average Bonchev–Trinajstić information content (AvgIpc) is 3.60. The number of aromatic amines is 1. The van der Waals surface area contributed by atoms with E-state index in [2.05, 4.69) is 75.0 Å². The van der Waals surface area contributed by atoms with Crippen LogP contribution in [0.25, 0.3) is 10.9 Å². The summed E-state index contributed by atoms with van der Waals surface area (Å²) in [6.45, 7) is 17.4. The van der Waals surface area contributed by atoms with Crippen molar-refractivity contribution in [1.29, 1.82) is 0 Å². The van der Waals surface area contributed by atoms with E-state index in [1.54, 1.807) is 0 Å². The van der Waals surface area contributed by atoms with Gasteiger partial charge in [-0.2, -0.15) is 0 Å². The van der Waals surface area contributed by atoms with Crippen LogP contribution in [-0.4, -0.2) is 42.2 Å². The maximum atomic E-state index is 12.0. The number of esters is 2. The second kappa shape index (κ2) is 26.6. The normalized spacial score (nSPS) is 11.2. The minimum atomic E-state index is -0.169. The monoisotopic (exact) mass is 767 g/mol. The molecule has 51 heavy (non-hydrogen) atoms. The molecule has 4 rings (SSSR count). The highest BCUT2D eigenvalue weighted by Crippen LogP contribution is 2.28. The molecule has 0 fully saturated rings. The minimum absolute atomic E-state index is 0.0456. The largest absolute Gasteiger partial charge is 0.466 e. The lowest BCUT2D eigenvalue weighted by atomic mass is 10.1. The van der Waals surface area contributed by atoms with E-state index in [1.165, 1.54) is 10.9 Å². The summed E-state index contributed by atoms with van der Waals surface area (Å²) in [5.41, 5.74) is 11.8. The van der Waals surface area contributed by atoms with Gasteiger partial charge in [-0.25, -0.2) is 0 Å². The molecule has 4 aromatic rings. The van der Waals surface area contributed by atoms with Crippen LogP contribution in [0.3, 0.4) is 0 Å². The number of H-pyrrole nitrogens is 1. The summed E-state index contributed by atoms with van der Waals surface area (Å²) >= 11 is 3.59. The second-order valence-electron chi connectivity index (χ2n) is 11.3. The molecule has 6 N–H and O–H groups in total. The molecular formula is C41H62BrN5O4. The summed E-state index contributed by atoms with van der Waals surface area (Å²) < 4.78 is 11.2. The van der Waals surface area contributed by atoms with Gasteiger partial charge >= 0.3 is 11.9 Å². The number of halogens is 1. The molecule has 0 aliphatic carbocycles. The van der Waals surface area contributed by atoms with Gasteiger partial charge in [-0.05, 0) is 74.7 Å². The number of para-hydroxylation sites is 4. The molecule has 3 aromatic carbocycles. The second-order valence-corrected chi connectivity index (χ2v) is 12.2. The van der Waals surface area contributed by atoms with Crippen molar-refractivity contribution in [3.05, 3.63) is 83.0 Å². The Balaban J connectivity index is 0.000000509. The predicted octanol–water partition coefficient (Wildman–Crippen LogP) is 10.9. The Morgan fingerprint density at radius 3 is 1.78 bits per heavy atom. The Hall–Kier alpha value is -4.18. The topological polar surface area (TPSA) is 130 Å². The summed E-state index contributed by atoms with van der Waals surface area (Å²) in [6.07, 6.45) is 6.51. The first-order valence-corrected chi connectivity index (χ1v) is 19.3. The third-order valence-corrected chi connectivity index (χ3v) is 7.96. The number of rotatable bonds is 17. The molecule has 10 heteroatoms. The third kappa shape index (κ3) is 16.6. The molecule has 0 aliphatic rings. The van der Waals surface area contributed by atoms with E-state index in [0.717, 1.165) is 52.7 Å². The van der Waals surface area contributed by atoms with Crippen LogP contribution in [0.1, 0.15) is 99.5 Å². The summed E-state index contributed by atoms with van der Waals surface area (Å²) in [5, 5.41) is 11.6. The van der Waals surface area contributed by atoms with Crippen LogP contribution in [0.5, 0.6) is 0 Å². The van der Waals surface area contributed by atoms with Crippen LogP contribution in [0, 0.1) is 0 Å². The molecule has 1 heterocycles. The zero-order valence-corrected chi connectivity index (χ0v) is 33.6. The number of benzene rings is 3. The van der Waals surface area contributed by atoms with E-state index >= 15 is 0 Å². The zero-order chi connectivity index (χ0) is 38.0. The molecule has 282 valence electrons. The summed E-state index contributed by atoms with van der Waals surface area (Å²) in [4.78, 5) is 26.7. The lowest BCUT2D eigenvalue weighted by molar-refractivity contribution is -0.144. The number of ether oxygens (including phenoxy) is 2. The maximum Gasteiger partial charge on any atom is 0.307 e.